The van der Waals surface area contributed by atoms with Crippen LogP contribution in [0.3, 0.4) is 0 Å². The van der Waals surface area contributed by atoms with Gasteiger partial charge in [0.15, 0.2) is 0 Å². The molecule has 2 rings (SSSR count). The number of hydrogen-bond donors (Lipinski definition) is 1. The molecule has 1 N–H and O–H groups in total. The van der Waals surface area contributed by atoms with Crippen LogP contribution in [-0.2, 0) is 23.1 Å². The van der Waals surface area contributed by atoms with Gasteiger partial charge in [-0.3, -0.25) is 0 Å². The van der Waals surface area contributed by atoms with E-state index in [1.807, 2.05) is 0 Å². The minimum absolute atomic E-state index is 0.249. The van der Waals surface area contributed by atoms with E-state index < -0.39 is 10.0 Å². The maximum atomic E-state index is 12.8. The van der Waals surface area contributed by atoms with Crippen LogP contribution in [0.1, 0.15) is 11.1 Å². The first-order chi connectivity index (χ1) is 10.4. The summed E-state index contributed by atoms with van der Waals surface area (Å²) in [7, 11) is -0.369. The molecule has 4 nitrogen and oxygen atoms in total. The average Bonchev–Trinajstić information content (AvgIpc) is 2.49. The summed E-state index contributed by atoms with van der Waals surface area (Å²) in [4.78, 5) is 0.278. The molecule has 0 aliphatic carbocycles. The van der Waals surface area contributed by atoms with Gasteiger partial charge in [-0.1, -0.05) is 24.3 Å². The molecule has 2 aromatic rings. The van der Waals surface area contributed by atoms with Gasteiger partial charge < -0.3 is 5.32 Å². The van der Waals surface area contributed by atoms with Gasteiger partial charge in [-0.25, -0.2) is 17.1 Å². The van der Waals surface area contributed by atoms with Crippen molar-refractivity contribution in [3.63, 3.8) is 0 Å². The first-order valence-electron chi connectivity index (χ1n) is 6.86. The van der Waals surface area contributed by atoms with E-state index in [9.17, 15) is 12.8 Å². The van der Waals surface area contributed by atoms with Crippen LogP contribution in [0.5, 0.6) is 0 Å². The summed E-state index contributed by atoms with van der Waals surface area (Å²) in [5.74, 6) is -0.249. The molecule has 22 heavy (non-hydrogen) atoms. The Labute approximate surface area is 130 Å². The number of nitrogens with one attached hydrogen (secondary N) is 1. The van der Waals surface area contributed by atoms with E-state index in [4.69, 9.17) is 0 Å². The monoisotopic (exact) mass is 322 g/mol. The summed E-state index contributed by atoms with van der Waals surface area (Å²) >= 11 is 0. The Kier molecular flexibility index (Phi) is 5.28. The number of hydrogen-bond acceptors (Lipinski definition) is 3. The fourth-order valence-electron chi connectivity index (χ4n) is 1.94. The molecule has 6 heteroatoms. The summed E-state index contributed by atoms with van der Waals surface area (Å²) in [5, 5.41) is 3.24. The molecule has 118 valence electrons. The third kappa shape index (κ3) is 4.13. The lowest BCUT2D eigenvalue weighted by molar-refractivity contribution is 0.520. The highest BCUT2D eigenvalue weighted by Crippen LogP contribution is 2.14. The van der Waals surface area contributed by atoms with Crippen molar-refractivity contribution in [3.05, 3.63) is 65.5 Å². The van der Waals surface area contributed by atoms with E-state index in [-0.39, 0.29) is 10.7 Å². The number of benzene rings is 2. The van der Waals surface area contributed by atoms with Gasteiger partial charge in [-0.2, -0.15) is 0 Å². The normalized spacial score (nSPS) is 11.8. The molecule has 2 aromatic carbocycles. The first kappa shape index (κ1) is 16.6. The van der Waals surface area contributed by atoms with E-state index in [1.165, 1.54) is 30.5 Å². The van der Waals surface area contributed by atoms with Crippen molar-refractivity contribution in [3.8, 4) is 0 Å². The molecule has 0 saturated heterocycles. The summed E-state index contributed by atoms with van der Waals surface area (Å²) in [6.45, 7) is 1.23. The van der Waals surface area contributed by atoms with Crippen molar-refractivity contribution in [2.75, 3.05) is 14.1 Å². The largest absolute Gasteiger partial charge is 0.309 e. The van der Waals surface area contributed by atoms with Crippen LogP contribution in [0, 0.1) is 5.82 Å². The summed E-state index contributed by atoms with van der Waals surface area (Å²) in [5.41, 5.74) is 1.98. The maximum Gasteiger partial charge on any atom is 0.242 e. The zero-order valence-electron chi connectivity index (χ0n) is 12.6. The third-order valence-corrected chi connectivity index (χ3v) is 5.10. The van der Waals surface area contributed by atoms with Crippen molar-refractivity contribution in [1.29, 1.82) is 0 Å². The lowest BCUT2D eigenvalue weighted by Crippen LogP contribution is -2.22. The molecule has 0 amide bonds. The smallest absolute Gasteiger partial charge is 0.242 e. The van der Waals surface area contributed by atoms with Crippen molar-refractivity contribution in [2.45, 2.75) is 18.0 Å². The highest BCUT2D eigenvalue weighted by molar-refractivity contribution is 7.89. The fourth-order valence-corrected chi connectivity index (χ4v) is 2.85. The standard InChI is InChI=1S/C16H19FN2O2S/c1-19(2)22(20,21)16-9-5-14(6-10-16)12-18-11-13-3-7-15(17)8-4-13/h3-10,18H,11-12H2,1-2H3. The van der Waals surface area contributed by atoms with Gasteiger partial charge in [-0.05, 0) is 35.4 Å². The fraction of sp³-hybridized carbons (Fsp3) is 0.250. The topological polar surface area (TPSA) is 49.4 Å². The number of nitrogens with zero attached hydrogens (tertiary/aromatic N) is 1. The second-order valence-electron chi connectivity index (χ2n) is 5.16. The molecule has 0 aromatic heterocycles. The second-order valence-corrected chi connectivity index (χ2v) is 7.31. The Morgan fingerprint density at radius 3 is 1.82 bits per heavy atom. The molecule has 0 heterocycles. The Hall–Kier alpha value is -1.76. The average molecular weight is 322 g/mol. The van der Waals surface area contributed by atoms with Gasteiger partial charge in [0, 0.05) is 27.2 Å². The highest BCUT2D eigenvalue weighted by Gasteiger charge is 2.16. The van der Waals surface area contributed by atoms with Crippen molar-refractivity contribution in [2.24, 2.45) is 0 Å². The number of sulfonamides is 1. The van der Waals surface area contributed by atoms with E-state index >= 15 is 0 Å². The molecule has 0 saturated carbocycles. The number of rotatable bonds is 6. The molecule has 0 bridgehead atoms. The van der Waals surface area contributed by atoms with Crippen LogP contribution in [0.25, 0.3) is 0 Å². The molecular weight excluding hydrogens is 303 g/mol. The highest BCUT2D eigenvalue weighted by atomic mass is 32.2. The van der Waals surface area contributed by atoms with Gasteiger partial charge in [0.05, 0.1) is 4.90 Å². The van der Waals surface area contributed by atoms with Crippen molar-refractivity contribution in [1.82, 2.24) is 9.62 Å². The quantitative estimate of drug-likeness (QED) is 0.888. The molecule has 0 spiro atoms. The lowest BCUT2D eigenvalue weighted by atomic mass is 10.2. The molecule has 0 atom stereocenters. The van der Waals surface area contributed by atoms with E-state index in [1.54, 1.807) is 36.4 Å². The van der Waals surface area contributed by atoms with Crippen LogP contribution < -0.4 is 5.32 Å². The SMILES string of the molecule is CN(C)S(=O)(=O)c1ccc(CNCc2ccc(F)cc2)cc1. The maximum absolute atomic E-state index is 12.8. The van der Waals surface area contributed by atoms with Crippen LogP contribution in [-0.4, -0.2) is 26.8 Å². The van der Waals surface area contributed by atoms with Gasteiger partial charge in [0.25, 0.3) is 0 Å². The van der Waals surface area contributed by atoms with Crippen LogP contribution in [0.15, 0.2) is 53.4 Å². The van der Waals surface area contributed by atoms with Gasteiger partial charge in [0.2, 0.25) is 10.0 Å². The molecule has 0 fully saturated rings. The zero-order valence-corrected chi connectivity index (χ0v) is 13.4. The minimum atomic E-state index is -3.38. The van der Waals surface area contributed by atoms with Crippen LogP contribution >= 0.6 is 0 Å². The minimum Gasteiger partial charge on any atom is -0.309 e. The molecule has 0 aliphatic heterocycles. The Morgan fingerprint density at radius 2 is 1.36 bits per heavy atom. The van der Waals surface area contributed by atoms with E-state index in [2.05, 4.69) is 5.32 Å². The zero-order chi connectivity index (χ0) is 16.2. The Morgan fingerprint density at radius 1 is 0.909 bits per heavy atom. The van der Waals surface area contributed by atoms with Crippen molar-refractivity contribution >= 4 is 10.0 Å². The van der Waals surface area contributed by atoms with Crippen LogP contribution in [0.4, 0.5) is 4.39 Å². The van der Waals surface area contributed by atoms with Crippen molar-refractivity contribution < 1.29 is 12.8 Å². The van der Waals surface area contributed by atoms with Gasteiger partial charge >= 0.3 is 0 Å². The Bertz CT molecular complexity index is 711. The van der Waals surface area contributed by atoms with Gasteiger partial charge in [-0.15, -0.1) is 0 Å². The van der Waals surface area contributed by atoms with Crippen LogP contribution in [0.2, 0.25) is 0 Å². The molecule has 0 radical (unpaired) electrons. The number of halogens is 1. The molecule has 0 aliphatic rings. The van der Waals surface area contributed by atoms with E-state index in [0.717, 1.165) is 11.1 Å². The third-order valence-electron chi connectivity index (χ3n) is 3.27. The second kappa shape index (κ2) is 7.00. The Balaban J connectivity index is 1.93. The molecule has 0 unspecified atom stereocenters. The predicted molar refractivity (Wildman–Crippen MR) is 84.3 cm³/mol. The predicted octanol–water partition coefficient (Wildman–Crippen LogP) is 2.37. The summed E-state index contributed by atoms with van der Waals surface area (Å²) < 4.78 is 37.9. The van der Waals surface area contributed by atoms with Gasteiger partial charge in [0.1, 0.15) is 5.82 Å². The lowest BCUT2D eigenvalue weighted by Gasteiger charge is -2.12. The molecular formula is C16H19FN2O2S. The summed E-state index contributed by atoms with van der Waals surface area (Å²) in [6.07, 6.45) is 0. The summed E-state index contributed by atoms with van der Waals surface area (Å²) in [6, 6.07) is 13.1. The van der Waals surface area contributed by atoms with E-state index in [0.29, 0.717) is 13.1 Å². The first-order valence-corrected chi connectivity index (χ1v) is 8.30.